The van der Waals surface area contributed by atoms with Gasteiger partial charge in [-0.2, -0.15) is 0 Å². The van der Waals surface area contributed by atoms with Crippen LogP contribution in [-0.2, 0) is 5.41 Å². The smallest absolute Gasteiger partial charge is 0.222 e. The summed E-state index contributed by atoms with van der Waals surface area (Å²) < 4.78 is 0. The van der Waals surface area contributed by atoms with Gasteiger partial charge in [-0.1, -0.05) is 20.8 Å². The molecule has 0 amide bonds. The second kappa shape index (κ2) is 3.95. The van der Waals surface area contributed by atoms with Gasteiger partial charge in [0.1, 0.15) is 0 Å². The first kappa shape index (κ1) is 11.0. The molecule has 0 saturated heterocycles. The van der Waals surface area contributed by atoms with E-state index in [0.717, 1.165) is 23.8 Å². The molecular formula is C11H19N3. The van der Waals surface area contributed by atoms with Crippen molar-refractivity contribution in [3.8, 4) is 0 Å². The van der Waals surface area contributed by atoms with Crippen LogP contribution in [0.25, 0.3) is 0 Å². The van der Waals surface area contributed by atoms with E-state index in [1.807, 2.05) is 13.1 Å². The van der Waals surface area contributed by atoms with Crippen LogP contribution in [0.1, 0.15) is 39.0 Å². The van der Waals surface area contributed by atoms with Crippen LogP contribution in [0.4, 0.5) is 5.95 Å². The monoisotopic (exact) mass is 193 g/mol. The second-order valence-corrected chi connectivity index (χ2v) is 4.51. The van der Waals surface area contributed by atoms with Crippen LogP contribution in [0, 0.1) is 6.92 Å². The molecule has 1 heterocycles. The lowest BCUT2D eigenvalue weighted by molar-refractivity contribution is 0.563. The number of hydrogen-bond donors (Lipinski definition) is 1. The summed E-state index contributed by atoms with van der Waals surface area (Å²) in [6.07, 6.45) is 1.88. The van der Waals surface area contributed by atoms with Crippen molar-refractivity contribution in [1.82, 2.24) is 9.97 Å². The Labute approximate surface area is 86.0 Å². The van der Waals surface area contributed by atoms with Gasteiger partial charge in [-0.05, 0) is 19.4 Å². The fourth-order valence-electron chi connectivity index (χ4n) is 1.44. The van der Waals surface area contributed by atoms with Gasteiger partial charge in [-0.25, -0.2) is 9.97 Å². The molecule has 0 unspecified atom stereocenters. The Morgan fingerprint density at radius 1 is 1.36 bits per heavy atom. The summed E-state index contributed by atoms with van der Waals surface area (Å²) in [6.45, 7) is 11.4. The van der Waals surface area contributed by atoms with Gasteiger partial charge in [-0.15, -0.1) is 0 Å². The Hall–Kier alpha value is -1.12. The molecule has 14 heavy (non-hydrogen) atoms. The fraction of sp³-hybridized carbons (Fsp3) is 0.636. The van der Waals surface area contributed by atoms with E-state index in [9.17, 15) is 0 Å². The normalized spacial score (nSPS) is 11.5. The van der Waals surface area contributed by atoms with Crippen molar-refractivity contribution < 1.29 is 0 Å². The first-order valence-corrected chi connectivity index (χ1v) is 5.03. The summed E-state index contributed by atoms with van der Waals surface area (Å²) in [6, 6.07) is 0. The Bertz CT molecular complexity index is 313. The lowest BCUT2D eigenvalue weighted by atomic mass is 9.89. The summed E-state index contributed by atoms with van der Waals surface area (Å²) in [5.74, 6) is 0.725. The van der Waals surface area contributed by atoms with E-state index in [4.69, 9.17) is 0 Å². The number of aryl methyl sites for hydroxylation is 1. The zero-order valence-electron chi connectivity index (χ0n) is 9.68. The fourth-order valence-corrected chi connectivity index (χ4v) is 1.44. The maximum Gasteiger partial charge on any atom is 0.222 e. The van der Waals surface area contributed by atoms with Crippen molar-refractivity contribution in [2.24, 2.45) is 0 Å². The van der Waals surface area contributed by atoms with E-state index in [0.29, 0.717) is 0 Å². The van der Waals surface area contributed by atoms with Gasteiger partial charge in [0.2, 0.25) is 5.95 Å². The summed E-state index contributed by atoms with van der Waals surface area (Å²) in [7, 11) is 0. The number of aromatic nitrogens is 2. The van der Waals surface area contributed by atoms with Crippen molar-refractivity contribution in [1.29, 1.82) is 0 Å². The van der Waals surface area contributed by atoms with Gasteiger partial charge < -0.3 is 5.32 Å². The zero-order chi connectivity index (χ0) is 10.8. The Morgan fingerprint density at radius 2 is 2.00 bits per heavy atom. The van der Waals surface area contributed by atoms with E-state index >= 15 is 0 Å². The summed E-state index contributed by atoms with van der Waals surface area (Å²) in [4.78, 5) is 8.73. The molecule has 78 valence electrons. The summed E-state index contributed by atoms with van der Waals surface area (Å²) in [5.41, 5.74) is 2.35. The third kappa shape index (κ3) is 2.44. The standard InChI is InChI=1S/C11H19N3/c1-6-12-10-13-7-8(2)9(14-10)11(3,4)5/h7H,6H2,1-5H3,(H,12,13,14). The molecule has 0 radical (unpaired) electrons. The molecule has 3 heteroatoms. The highest BCUT2D eigenvalue weighted by atomic mass is 15.1. The van der Waals surface area contributed by atoms with Gasteiger partial charge in [0.05, 0.1) is 5.69 Å². The number of hydrogen-bond acceptors (Lipinski definition) is 3. The third-order valence-corrected chi connectivity index (χ3v) is 2.02. The van der Waals surface area contributed by atoms with E-state index in [1.54, 1.807) is 0 Å². The summed E-state index contributed by atoms with van der Waals surface area (Å²) in [5, 5.41) is 3.12. The lowest BCUT2D eigenvalue weighted by Crippen LogP contribution is -2.17. The molecule has 3 nitrogen and oxygen atoms in total. The Morgan fingerprint density at radius 3 is 2.50 bits per heavy atom. The zero-order valence-corrected chi connectivity index (χ0v) is 9.68. The highest BCUT2D eigenvalue weighted by molar-refractivity contribution is 5.32. The van der Waals surface area contributed by atoms with Crippen LogP contribution in [-0.4, -0.2) is 16.5 Å². The SMILES string of the molecule is CCNc1ncc(C)c(C(C)(C)C)n1. The summed E-state index contributed by atoms with van der Waals surface area (Å²) >= 11 is 0. The maximum absolute atomic E-state index is 4.51. The molecule has 1 aromatic heterocycles. The third-order valence-electron chi connectivity index (χ3n) is 2.02. The molecule has 0 spiro atoms. The minimum Gasteiger partial charge on any atom is -0.354 e. The predicted molar refractivity (Wildman–Crippen MR) is 59.6 cm³/mol. The van der Waals surface area contributed by atoms with Crippen LogP contribution >= 0.6 is 0 Å². The van der Waals surface area contributed by atoms with Crippen LogP contribution in [0.3, 0.4) is 0 Å². The largest absolute Gasteiger partial charge is 0.354 e. The quantitative estimate of drug-likeness (QED) is 0.784. The highest BCUT2D eigenvalue weighted by Crippen LogP contribution is 2.23. The molecule has 0 aliphatic rings. The average molecular weight is 193 g/mol. The molecule has 0 aliphatic carbocycles. The van der Waals surface area contributed by atoms with E-state index in [2.05, 4.69) is 43.0 Å². The first-order valence-electron chi connectivity index (χ1n) is 5.03. The van der Waals surface area contributed by atoms with Crippen molar-refractivity contribution >= 4 is 5.95 Å². The molecule has 1 rings (SSSR count). The Balaban J connectivity index is 3.09. The maximum atomic E-state index is 4.51. The van der Waals surface area contributed by atoms with Gasteiger partial charge >= 0.3 is 0 Å². The predicted octanol–water partition coefficient (Wildman–Crippen LogP) is 2.51. The molecular weight excluding hydrogens is 174 g/mol. The van der Waals surface area contributed by atoms with Crippen molar-refractivity contribution in [2.75, 3.05) is 11.9 Å². The van der Waals surface area contributed by atoms with Crippen molar-refractivity contribution in [3.63, 3.8) is 0 Å². The van der Waals surface area contributed by atoms with Crippen molar-refractivity contribution in [2.45, 2.75) is 40.0 Å². The lowest BCUT2D eigenvalue weighted by Gasteiger charge is -2.20. The minimum absolute atomic E-state index is 0.0806. The van der Waals surface area contributed by atoms with Crippen LogP contribution in [0.5, 0.6) is 0 Å². The number of nitrogens with one attached hydrogen (secondary N) is 1. The molecule has 1 N–H and O–H groups in total. The highest BCUT2D eigenvalue weighted by Gasteiger charge is 2.18. The van der Waals surface area contributed by atoms with E-state index in [-0.39, 0.29) is 5.41 Å². The number of rotatable bonds is 2. The molecule has 1 aromatic rings. The molecule has 0 atom stereocenters. The topological polar surface area (TPSA) is 37.8 Å². The Kier molecular flexibility index (Phi) is 3.09. The molecule has 0 aliphatic heterocycles. The van der Waals surface area contributed by atoms with Crippen LogP contribution < -0.4 is 5.32 Å². The molecule has 0 saturated carbocycles. The number of nitrogens with zero attached hydrogens (tertiary/aromatic N) is 2. The molecule has 0 bridgehead atoms. The van der Waals surface area contributed by atoms with E-state index in [1.165, 1.54) is 0 Å². The second-order valence-electron chi connectivity index (χ2n) is 4.51. The number of anilines is 1. The molecule has 0 aromatic carbocycles. The van der Waals surface area contributed by atoms with E-state index < -0.39 is 0 Å². The van der Waals surface area contributed by atoms with Gasteiger partial charge in [-0.3, -0.25) is 0 Å². The minimum atomic E-state index is 0.0806. The van der Waals surface area contributed by atoms with Gasteiger partial charge in [0, 0.05) is 18.2 Å². The van der Waals surface area contributed by atoms with Crippen molar-refractivity contribution in [3.05, 3.63) is 17.5 Å². The van der Waals surface area contributed by atoms with Gasteiger partial charge in [0.15, 0.2) is 0 Å². The van der Waals surface area contributed by atoms with Crippen LogP contribution in [0.2, 0.25) is 0 Å². The van der Waals surface area contributed by atoms with Crippen LogP contribution in [0.15, 0.2) is 6.20 Å². The molecule has 0 fully saturated rings. The first-order chi connectivity index (χ1) is 6.45. The average Bonchev–Trinajstić information content (AvgIpc) is 2.07. The van der Waals surface area contributed by atoms with Gasteiger partial charge in [0.25, 0.3) is 0 Å².